The number of carbonyl (C=O) groups excluding carboxylic acids is 1. The maximum absolute atomic E-state index is 11.9. The highest BCUT2D eigenvalue weighted by atomic mass is 16.5. The first-order valence-electron chi connectivity index (χ1n) is 5.90. The van der Waals surface area contributed by atoms with Crippen LogP contribution in [0.5, 0.6) is 11.5 Å². The van der Waals surface area contributed by atoms with Crippen LogP contribution in [0.3, 0.4) is 0 Å². The Kier molecular flexibility index (Phi) is 3.85. The van der Waals surface area contributed by atoms with Crippen molar-refractivity contribution < 1.29 is 19.0 Å². The van der Waals surface area contributed by atoms with E-state index in [1.54, 1.807) is 13.0 Å². The fraction of sp³-hybridized carbons (Fsp3) is 0.286. The van der Waals surface area contributed by atoms with Crippen LogP contribution in [-0.2, 0) is 4.74 Å². The van der Waals surface area contributed by atoms with Crippen LogP contribution in [0.15, 0.2) is 24.3 Å². The van der Waals surface area contributed by atoms with Gasteiger partial charge in [0.25, 0.3) is 0 Å². The fourth-order valence-corrected chi connectivity index (χ4v) is 1.89. The summed E-state index contributed by atoms with van der Waals surface area (Å²) in [5.41, 5.74) is 0.781. The zero-order chi connectivity index (χ0) is 13.8. The van der Waals surface area contributed by atoms with Crippen LogP contribution in [0.4, 0.5) is 0 Å². The molecule has 0 unspecified atom stereocenters. The Morgan fingerprint density at radius 3 is 2.47 bits per heavy atom. The minimum atomic E-state index is -0.525. The average molecular weight is 261 g/mol. The van der Waals surface area contributed by atoms with Crippen LogP contribution in [-0.4, -0.2) is 31.8 Å². The monoisotopic (exact) mass is 261 g/mol. The fourth-order valence-electron chi connectivity index (χ4n) is 1.89. The molecule has 100 valence electrons. The zero-order valence-electron chi connectivity index (χ0n) is 11.1. The van der Waals surface area contributed by atoms with E-state index in [0.29, 0.717) is 17.0 Å². The minimum absolute atomic E-state index is 0.125. The number of rotatable bonds is 4. The van der Waals surface area contributed by atoms with Crippen LogP contribution >= 0.6 is 0 Å². The van der Waals surface area contributed by atoms with E-state index in [1.807, 2.05) is 18.2 Å². The van der Waals surface area contributed by atoms with Gasteiger partial charge in [0.05, 0.1) is 26.3 Å². The molecule has 1 heterocycles. The van der Waals surface area contributed by atoms with Crippen molar-refractivity contribution in [1.29, 1.82) is 0 Å². The summed E-state index contributed by atoms with van der Waals surface area (Å²) >= 11 is 0. The van der Waals surface area contributed by atoms with Crippen molar-refractivity contribution in [2.75, 3.05) is 20.8 Å². The van der Waals surface area contributed by atoms with Gasteiger partial charge in [0, 0.05) is 5.39 Å². The molecule has 1 aromatic carbocycles. The van der Waals surface area contributed by atoms with Gasteiger partial charge in [-0.3, -0.25) is 0 Å². The smallest absolute Gasteiger partial charge is 0.360 e. The molecule has 0 saturated carbocycles. The van der Waals surface area contributed by atoms with Gasteiger partial charge in [-0.1, -0.05) is 12.1 Å². The Bertz CT molecular complexity index is 610. The van der Waals surface area contributed by atoms with E-state index in [0.717, 1.165) is 5.39 Å². The number of benzene rings is 1. The molecule has 5 heteroatoms. The number of pyridine rings is 1. The van der Waals surface area contributed by atoms with Gasteiger partial charge in [0.2, 0.25) is 0 Å². The summed E-state index contributed by atoms with van der Waals surface area (Å²) in [5, 5.41) is 0.787. The number of hydrogen-bond donors (Lipinski definition) is 0. The predicted octanol–water partition coefficient (Wildman–Crippen LogP) is 2.43. The van der Waals surface area contributed by atoms with Gasteiger partial charge in [-0.15, -0.1) is 0 Å². The summed E-state index contributed by atoms with van der Waals surface area (Å²) in [5.74, 6) is 0.249. The van der Waals surface area contributed by atoms with Crippen LogP contribution in [0.25, 0.3) is 10.9 Å². The molecular formula is C14H15NO4. The Hall–Kier alpha value is -2.30. The number of esters is 1. The Morgan fingerprint density at radius 1 is 1.16 bits per heavy atom. The lowest BCUT2D eigenvalue weighted by molar-refractivity contribution is 0.0515. The third-order valence-electron chi connectivity index (χ3n) is 2.68. The summed E-state index contributed by atoms with van der Waals surface area (Å²) in [7, 11) is 3.00. The van der Waals surface area contributed by atoms with Gasteiger partial charge in [-0.25, -0.2) is 9.78 Å². The highest BCUT2D eigenvalue weighted by molar-refractivity contribution is 5.98. The molecule has 0 bridgehead atoms. The first-order valence-corrected chi connectivity index (χ1v) is 5.90. The van der Waals surface area contributed by atoms with Crippen molar-refractivity contribution in [3.8, 4) is 11.5 Å². The lowest BCUT2D eigenvalue weighted by atomic mass is 10.1. The molecule has 0 aliphatic rings. The van der Waals surface area contributed by atoms with Gasteiger partial charge < -0.3 is 14.2 Å². The molecule has 0 spiro atoms. The third-order valence-corrected chi connectivity index (χ3v) is 2.68. The average Bonchev–Trinajstić information content (AvgIpc) is 2.45. The number of nitrogens with zero attached hydrogens (tertiary/aromatic N) is 1. The van der Waals surface area contributed by atoms with Gasteiger partial charge in [-0.2, -0.15) is 0 Å². The summed E-state index contributed by atoms with van der Waals surface area (Å²) in [6.45, 7) is 2.02. The number of fused-ring (bicyclic) bond motifs is 1. The molecule has 5 nitrogen and oxygen atoms in total. The lowest BCUT2D eigenvalue weighted by Crippen LogP contribution is -2.10. The zero-order valence-corrected chi connectivity index (χ0v) is 11.1. The number of aromatic nitrogens is 1. The molecule has 0 amide bonds. The molecular weight excluding hydrogens is 246 g/mol. The highest BCUT2D eigenvalue weighted by Gasteiger charge is 2.22. The lowest BCUT2D eigenvalue weighted by Gasteiger charge is -2.13. The van der Waals surface area contributed by atoms with Crippen molar-refractivity contribution in [2.24, 2.45) is 0 Å². The highest BCUT2D eigenvalue weighted by Crippen LogP contribution is 2.37. The first kappa shape index (κ1) is 13.1. The predicted molar refractivity (Wildman–Crippen MR) is 70.8 cm³/mol. The standard InChI is InChI=1S/C14H15NO4/c1-4-19-14(16)11-13(18-3)12(17-2)9-7-5-6-8-10(9)15-11/h5-8H,4H2,1-3H3. The molecule has 0 saturated heterocycles. The number of hydrogen-bond acceptors (Lipinski definition) is 5. The molecule has 0 radical (unpaired) electrons. The number of para-hydroxylation sites is 1. The van der Waals surface area contributed by atoms with E-state index in [4.69, 9.17) is 14.2 Å². The third kappa shape index (κ3) is 2.31. The Balaban J connectivity index is 2.72. The molecule has 0 atom stereocenters. The van der Waals surface area contributed by atoms with E-state index in [2.05, 4.69) is 4.98 Å². The Labute approximate surface area is 111 Å². The van der Waals surface area contributed by atoms with E-state index in [-0.39, 0.29) is 12.3 Å². The van der Waals surface area contributed by atoms with Gasteiger partial charge in [0.1, 0.15) is 0 Å². The second kappa shape index (κ2) is 5.56. The maximum Gasteiger partial charge on any atom is 0.360 e. The van der Waals surface area contributed by atoms with Gasteiger partial charge in [0.15, 0.2) is 17.2 Å². The van der Waals surface area contributed by atoms with Crippen LogP contribution in [0.2, 0.25) is 0 Å². The summed E-state index contributed by atoms with van der Waals surface area (Å²) in [6, 6.07) is 7.38. The van der Waals surface area contributed by atoms with Gasteiger partial charge in [-0.05, 0) is 19.1 Å². The molecule has 2 aromatic rings. The maximum atomic E-state index is 11.9. The van der Waals surface area contributed by atoms with Crippen molar-refractivity contribution >= 4 is 16.9 Å². The van der Waals surface area contributed by atoms with Crippen LogP contribution in [0, 0.1) is 0 Å². The van der Waals surface area contributed by atoms with E-state index >= 15 is 0 Å². The second-order valence-corrected chi connectivity index (χ2v) is 3.76. The normalized spacial score (nSPS) is 10.3. The first-order chi connectivity index (χ1) is 9.22. The van der Waals surface area contributed by atoms with E-state index in [9.17, 15) is 4.79 Å². The van der Waals surface area contributed by atoms with Crippen molar-refractivity contribution in [1.82, 2.24) is 4.98 Å². The van der Waals surface area contributed by atoms with E-state index in [1.165, 1.54) is 14.2 Å². The van der Waals surface area contributed by atoms with Crippen LogP contribution in [0.1, 0.15) is 17.4 Å². The van der Waals surface area contributed by atoms with Crippen LogP contribution < -0.4 is 9.47 Å². The molecule has 1 aromatic heterocycles. The second-order valence-electron chi connectivity index (χ2n) is 3.76. The van der Waals surface area contributed by atoms with E-state index < -0.39 is 5.97 Å². The molecule has 0 fully saturated rings. The summed E-state index contributed by atoms with van der Waals surface area (Å²) in [4.78, 5) is 16.2. The molecule has 0 aliphatic carbocycles. The summed E-state index contributed by atoms with van der Waals surface area (Å²) < 4.78 is 15.6. The largest absolute Gasteiger partial charge is 0.492 e. The quantitative estimate of drug-likeness (QED) is 0.791. The van der Waals surface area contributed by atoms with Crippen molar-refractivity contribution in [3.05, 3.63) is 30.0 Å². The number of ether oxygens (including phenoxy) is 3. The molecule has 2 rings (SSSR count). The summed E-state index contributed by atoms with van der Waals surface area (Å²) in [6.07, 6.45) is 0. The SMILES string of the molecule is CCOC(=O)c1nc2ccccc2c(OC)c1OC. The minimum Gasteiger partial charge on any atom is -0.492 e. The van der Waals surface area contributed by atoms with Gasteiger partial charge >= 0.3 is 5.97 Å². The van der Waals surface area contributed by atoms with Crippen molar-refractivity contribution in [2.45, 2.75) is 6.92 Å². The molecule has 19 heavy (non-hydrogen) atoms. The van der Waals surface area contributed by atoms with Crippen molar-refractivity contribution in [3.63, 3.8) is 0 Å². The molecule has 0 aliphatic heterocycles. The Morgan fingerprint density at radius 2 is 1.84 bits per heavy atom. The topological polar surface area (TPSA) is 57.7 Å². The number of carbonyl (C=O) groups is 1. The number of methoxy groups -OCH3 is 2. The molecule has 0 N–H and O–H groups in total.